The van der Waals surface area contributed by atoms with Crippen LogP contribution in [0.25, 0.3) is 0 Å². The number of halogens is 3. The van der Waals surface area contributed by atoms with Gasteiger partial charge in [-0.3, -0.25) is 9.69 Å². The number of nitrogens with one attached hydrogen (secondary N) is 1. The molecule has 1 amide bonds. The Morgan fingerprint density at radius 1 is 1.17 bits per heavy atom. The third kappa shape index (κ3) is 4.27. The fraction of sp³-hybridized carbons (Fsp3) is 0.235. The van der Waals surface area contributed by atoms with Crippen molar-refractivity contribution in [2.45, 2.75) is 19.5 Å². The molecule has 0 aliphatic heterocycles. The molecule has 3 nitrogen and oxygen atoms in total. The molecule has 1 atom stereocenters. The second-order valence-corrected chi connectivity index (χ2v) is 5.68. The summed E-state index contributed by atoms with van der Waals surface area (Å²) in [6.07, 6.45) is 0. The number of carbonyl (C=O) groups excluding carboxylic acids is 1. The molecule has 0 aromatic heterocycles. The molecular formula is C17H17ClF2N2O. The molecule has 0 saturated heterocycles. The van der Waals surface area contributed by atoms with Gasteiger partial charge >= 0.3 is 0 Å². The summed E-state index contributed by atoms with van der Waals surface area (Å²) in [4.78, 5) is 14.0. The summed E-state index contributed by atoms with van der Waals surface area (Å²) in [6.45, 7) is 2.10. The molecule has 0 spiro atoms. The van der Waals surface area contributed by atoms with Crippen molar-refractivity contribution < 1.29 is 13.6 Å². The van der Waals surface area contributed by atoms with E-state index in [0.717, 1.165) is 17.7 Å². The zero-order valence-electron chi connectivity index (χ0n) is 12.8. The van der Waals surface area contributed by atoms with E-state index in [0.29, 0.717) is 11.6 Å². The van der Waals surface area contributed by atoms with Crippen LogP contribution in [0.4, 0.5) is 14.5 Å². The minimum absolute atomic E-state index is 0.435. The predicted molar refractivity (Wildman–Crippen MR) is 87.4 cm³/mol. The maximum atomic E-state index is 13.6. The topological polar surface area (TPSA) is 32.3 Å². The number of rotatable bonds is 5. The fourth-order valence-electron chi connectivity index (χ4n) is 2.08. The first-order valence-electron chi connectivity index (χ1n) is 7.08. The zero-order chi connectivity index (χ0) is 17.0. The average molecular weight is 339 g/mol. The monoisotopic (exact) mass is 338 g/mol. The van der Waals surface area contributed by atoms with Crippen molar-refractivity contribution in [3.8, 4) is 0 Å². The van der Waals surface area contributed by atoms with Crippen LogP contribution in [0.5, 0.6) is 0 Å². The van der Waals surface area contributed by atoms with Gasteiger partial charge in [-0.25, -0.2) is 8.78 Å². The Morgan fingerprint density at radius 3 is 2.39 bits per heavy atom. The first kappa shape index (κ1) is 17.4. The SMILES string of the molecule is CC(C(=O)Nc1c(F)cccc1F)N(C)Cc1ccccc1Cl. The maximum Gasteiger partial charge on any atom is 0.241 e. The van der Waals surface area contributed by atoms with Crippen LogP contribution in [0.1, 0.15) is 12.5 Å². The summed E-state index contributed by atoms with van der Waals surface area (Å²) in [5, 5.41) is 2.90. The van der Waals surface area contributed by atoms with Crippen LogP contribution in [0.2, 0.25) is 5.02 Å². The second-order valence-electron chi connectivity index (χ2n) is 5.27. The standard InChI is InChI=1S/C17H17ClF2N2O/c1-11(22(2)10-12-6-3-4-7-13(12)18)17(23)21-16-14(19)8-5-9-15(16)20/h3-9,11H,10H2,1-2H3,(H,21,23). The van der Waals surface area contributed by atoms with Gasteiger partial charge in [-0.2, -0.15) is 0 Å². The Hall–Kier alpha value is -1.98. The number of hydrogen-bond acceptors (Lipinski definition) is 2. The fourth-order valence-corrected chi connectivity index (χ4v) is 2.27. The molecular weight excluding hydrogens is 322 g/mol. The molecule has 0 radical (unpaired) electrons. The third-order valence-electron chi connectivity index (χ3n) is 3.63. The average Bonchev–Trinajstić information content (AvgIpc) is 2.52. The van der Waals surface area contributed by atoms with Crippen LogP contribution in [-0.4, -0.2) is 23.9 Å². The number of carbonyl (C=O) groups is 1. The highest BCUT2D eigenvalue weighted by Crippen LogP contribution is 2.20. The van der Waals surface area contributed by atoms with Gasteiger partial charge in [0.25, 0.3) is 0 Å². The normalized spacial score (nSPS) is 12.3. The molecule has 0 saturated carbocycles. The lowest BCUT2D eigenvalue weighted by molar-refractivity contribution is -0.120. The highest BCUT2D eigenvalue weighted by Gasteiger charge is 2.21. The van der Waals surface area contributed by atoms with Gasteiger partial charge in [0.1, 0.15) is 17.3 Å². The van der Waals surface area contributed by atoms with Gasteiger partial charge in [-0.1, -0.05) is 35.9 Å². The third-order valence-corrected chi connectivity index (χ3v) is 4.00. The lowest BCUT2D eigenvalue weighted by atomic mass is 10.2. The van der Waals surface area contributed by atoms with Gasteiger partial charge in [-0.05, 0) is 37.7 Å². The number of benzene rings is 2. The molecule has 0 aliphatic rings. The van der Waals surface area contributed by atoms with Crippen LogP contribution in [-0.2, 0) is 11.3 Å². The molecule has 23 heavy (non-hydrogen) atoms. The molecule has 2 rings (SSSR count). The smallest absolute Gasteiger partial charge is 0.241 e. The first-order valence-corrected chi connectivity index (χ1v) is 7.46. The molecule has 122 valence electrons. The van der Waals surface area contributed by atoms with E-state index in [1.807, 2.05) is 18.2 Å². The van der Waals surface area contributed by atoms with Gasteiger partial charge in [0.05, 0.1) is 6.04 Å². The Bertz CT molecular complexity index is 688. The van der Waals surface area contributed by atoms with Crippen LogP contribution in [0.3, 0.4) is 0 Å². The minimum atomic E-state index is -0.806. The highest BCUT2D eigenvalue weighted by molar-refractivity contribution is 6.31. The van der Waals surface area contributed by atoms with E-state index >= 15 is 0 Å². The molecule has 6 heteroatoms. The number of anilines is 1. The molecule has 1 N–H and O–H groups in total. The van der Waals surface area contributed by atoms with Crippen molar-refractivity contribution in [1.29, 1.82) is 0 Å². The first-order chi connectivity index (χ1) is 10.9. The number of likely N-dealkylation sites (N-methyl/N-ethyl adjacent to an activating group) is 1. The van der Waals surface area contributed by atoms with E-state index in [1.54, 1.807) is 24.9 Å². The largest absolute Gasteiger partial charge is 0.320 e. The Morgan fingerprint density at radius 2 is 1.78 bits per heavy atom. The van der Waals surface area contributed by atoms with Crippen LogP contribution < -0.4 is 5.32 Å². The van der Waals surface area contributed by atoms with Crippen LogP contribution in [0.15, 0.2) is 42.5 Å². The summed E-state index contributed by atoms with van der Waals surface area (Å²) in [5.41, 5.74) is 0.434. The number of nitrogens with zero attached hydrogens (tertiary/aromatic N) is 1. The molecule has 0 bridgehead atoms. The molecule has 0 fully saturated rings. The van der Waals surface area contributed by atoms with E-state index in [9.17, 15) is 13.6 Å². The Labute approximate surface area is 138 Å². The zero-order valence-corrected chi connectivity index (χ0v) is 13.6. The van der Waals surface area contributed by atoms with Crippen molar-refractivity contribution in [3.05, 3.63) is 64.7 Å². The Kier molecular flexibility index (Phi) is 5.69. The van der Waals surface area contributed by atoms with Crippen molar-refractivity contribution in [1.82, 2.24) is 4.90 Å². The number of amides is 1. The summed E-state index contributed by atoms with van der Waals surface area (Å²) in [5.74, 6) is -2.11. The molecule has 1 unspecified atom stereocenters. The summed E-state index contributed by atoms with van der Waals surface area (Å²) < 4.78 is 27.2. The van der Waals surface area contributed by atoms with Crippen LogP contribution in [0, 0.1) is 11.6 Å². The Balaban J connectivity index is 2.06. The van der Waals surface area contributed by atoms with E-state index < -0.39 is 29.3 Å². The quantitative estimate of drug-likeness (QED) is 0.891. The maximum absolute atomic E-state index is 13.6. The van der Waals surface area contributed by atoms with E-state index in [1.165, 1.54) is 6.07 Å². The highest BCUT2D eigenvalue weighted by atomic mass is 35.5. The number of hydrogen-bond donors (Lipinski definition) is 1. The van der Waals surface area contributed by atoms with Crippen molar-refractivity contribution in [2.75, 3.05) is 12.4 Å². The summed E-state index contributed by atoms with van der Waals surface area (Å²) in [6, 6.07) is 10.1. The molecule has 2 aromatic carbocycles. The van der Waals surface area contributed by atoms with Gasteiger partial charge in [0.15, 0.2) is 0 Å². The van der Waals surface area contributed by atoms with Crippen molar-refractivity contribution >= 4 is 23.2 Å². The van der Waals surface area contributed by atoms with E-state index in [4.69, 9.17) is 11.6 Å². The molecule has 2 aromatic rings. The van der Waals surface area contributed by atoms with Gasteiger partial charge in [0, 0.05) is 11.6 Å². The predicted octanol–water partition coefficient (Wildman–Crippen LogP) is 4.08. The molecule has 0 heterocycles. The second kappa shape index (κ2) is 7.53. The van der Waals surface area contributed by atoms with E-state index in [2.05, 4.69) is 5.32 Å². The number of para-hydroxylation sites is 1. The minimum Gasteiger partial charge on any atom is -0.320 e. The van der Waals surface area contributed by atoms with Crippen molar-refractivity contribution in [3.63, 3.8) is 0 Å². The van der Waals surface area contributed by atoms with Gasteiger partial charge < -0.3 is 5.32 Å². The van der Waals surface area contributed by atoms with Crippen molar-refractivity contribution in [2.24, 2.45) is 0 Å². The van der Waals surface area contributed by atoms with Crippen LogP contribution >= 0.6 is 11.6 Å². The van der Waals surface area contributed by atoms with E-state index in [-0.39, 0.29) is 0 Å². The summed E-state index contributed by atoms with van der Waals surface area (Å²) >= 11 is 6.10. The molecule has 0 aliphatic carbocycles. The lowest BCUT2D eigenvalue weighted by Gasteiger charge is -2.24. The van der Waals surface area contributed by atoms with Gasteiger partial charge in [-0.15, -0.1) is 0 Å². The lowest BCUT2D eigenvalue weighted by Crippen LogP contribution is -2.39. The summed E-state index contributed by atoms with van der Waals surface area (Å²) in [7, 11) is 1.74. The van der Waals surface area contributed by atoms with Gasteiger partial charge in [0.2, 0.25) is 5.91 Å².